The second-order valence-corrected chi connectivity index (χ2v) is 3.85. The Kier molecular flexibility index (Phi) is 2.07. The molecule has 2 N–H and O–H groups in total. The molecule has 0 radical (unpaired) electrons. The molecular weight excluding hydrogens is 281 g/mol. The Hall–Kier alpha value is -0.910. The second-order valence-electron chi connectivity index (χ2n) is 2.69. The predicted octanol–water partition coefficient (Wildman–Crippen LogP) is 2.49. The molecule has 0 saturated carbocycles. The van der Waals surface area contributed by atoms with Gasteiger partial charge in [0.2, 0.25) is 0 Å². The van der Waals surface area contributed by atoms with Crippen LogP contribution < -0.4 is 4.74 Å². The molecule has 0 unspecified atom stereocenters. The molecule has 0 spiro atoms. The number of benzene rings is 1. The summed E-state index contributed by atoms with van der Waals surface area (Å²) < 4.78 is 6.09. The van der Waals surface area contributed by atoms with E-state index >= 15 is 0 Å². The van der Waals surface area contributed by atoms with Crippen LogP contribution >= 0.6 is 22.6 Å². The number of nitrogens with one attached hydrogen (secondary N) is 1. The molecule has 0 atom stereocenters. The van der Waals surface area contributed by atoms with Gasteiger partial charge in [-0.2, -0.15) is 0 Å². The highest BCUT2D eigenvalue weighted by Gasteiger charge is 2.10. The summed E-state index contributed by atoms with van der Waals surface area (Å²) in [6.45, 7) is 0. The molecule has 0 amide bonds. The number of H-pyrrole nitrogens is 1. The zero-order valence-corrected chi connectivity index (χ0v) is 9.12. The third-order valence-electron chi connectivity index (χ3n) is 1.97. The number of aromatic hydroxyl groups is 1. The van der Waals surface area contributed by atoms with Crippen molar-refractivity contribution in [3.05, 3.63) is 22.0 Å². The van der Waals surface area contributed by atoms with Crippen molar-refractivity contribution in [3.63, 3.8) is 0 Å². The fourth-order valence-corrected chi connectivity index (χ4v) is 2.04. The van der Waals surface area contributed by atoms with Gasteiger partial charge in [0, 0.05) is 26.7 Å². The first-order chi connectivity index (χ1) is 6.24. The Labute approximate surface area is 88.9 Å². The number of aromatic nitrogens is 1. The van der Waals surface area contributed by atoms with Crippen molar-refractivity contribution in [2.45, 2.75) is 0 Å². The molecular formula is C9H8INO2. The number of phenols is 1. The monoisotopic (exact) mass is 289 g/mol. The van der Waals surface area contributed by atoms with Gasteiger partial charge in [-0.05, 0) is 28.7 Å². The molecule has 1 heterocycles. The van der Waals surface area contributed by atoms with Crippen LogP contribution in [0.2, 0.25) is 0 Å². The Morgan fingerprint density at radius 1 is 1.38 bits per heavy atom. The molecule has 3 nitrogen and oxygen atoms in total. The van der Waals surface area contributed by atoms with Gasteiger partial charge >= 0.3 is 0 Å². The number of ether oxygens (including phenoxy) is 1. The summed E-state index contributed by atoms with van der Waals surface area (Å²) in [4.78, 5) is 2.95. The molecule has 68 valence electrons. The molecule has 0 saturated heterocycles. The number of hydrogen-bond donors (Lipinski definition) is 2. The first-order valence-electron chi connectivity index (χ1n) is 3.76. The van der Waals surface area contributed by atoms with E-state index in [-0.39, 0.29) is 5.75 Å². The second kappa shape index (κ2) is 3.10. The Morgan fingerprint density at radius 2 is 2.08 bits per heavy atom. The van der Waals surface area contributed by atoms with Gasteiger partial charge in [-0.25, -0.2) is 0 Å². The summed E-state index contributed by atoms with van der Waals surface area (Å²) in [5.74, 6) is 0.704. The zero-order valence-electron chi connectivity index (χ0n) is 6.97. The minimum atomic E-state index is 0.194. The van der Waals surface area contributed by atoms with Crippen LogP contribution in [0.25, 0.3) is 10.8 Å². The van der Waals surface area contributed by atoms with Crippen LogP contribution in [0.15, 0.2) is 18.5 Å². The van der Waals surface area contributed by atoms with Crippen molar-refractivity contribution in [1.82, 2.24) is 4.98 Å². The SMILES string of the molecule is COc1cc(I)c2c[nH]cc2c1O. The Balaban J connectivity index is 2.85. The maximum atomic E-state index is 9.71. The van der Waals surface area contributed by atoms with Crippen molar-refractivity contribution in [1.29, 1.82) is 0 Å². The lowest BCUT2D eigenvalue weighted by Crippen LogP contribution is -1.85. The Bertz CT molecular complexity index is 450. The van der Waals surface area contributed by atoms with E-state index in [0.717, 1.165) is 14.3 Å². The number of rotatable bonds is 1. The van der Waals surface area contributed by atoms with Gasteiger partial charge < -0.3 is 14.8 Å². The minimum absolute atomic E-state index is 0.194. The molecule has 0 aliphatic rings. The van der Waals surface area contributed by atoms with Crippen LogP contribution in [0.4, 0.5) is 0 Å². The van der Waals surface area contributed by atoms with E-state index in [9.17, 15) is 5.11 Å². The topological polar surface area (TPSA) is 45.2 Å². The smallest absolute Gasteiger partial charge is 0.167 e. The highest BCUT2D eigenvalue weighted by Crippen LogP contribution is 2.37. The van der Waals surface area contributed by atoms with Crippen LogP contribution in [0.1, 0.15) is 0 Å². The van der Waals surface area contributed by atoms with Gasteiger partial charge in [0.25, 0.3) is 0 Å². The van der Waals surface area contributed by atoms with Gasteiger partial charge in [-0.1, -0.05) is 0 Å². The largest absolute Gasteiger partial charge is 0.504 e. The molecule has 0 fully saturated rings. The molecule has 13 heavy (non-hydrogen) atoms. The summed E-state index contributed by atoms with van der Waals surface area (Å²) in [7, 11) is 1.55. The van der Waals surface area contributed by atoms with E-state index in [1.54, 1.807) is 13.3 Å². The molecule has 1 aromatic heterocycles. The molecule has 2 rings (SSSR count). The first-order valence-corrected chi connectivity index (χ1v) is 4.84. The van der Waals surface area contributed by atoms with E-state index in [2.05, 4.69) is 27.6 Å². The fraction of sp³-hybridized carbons (Fsp3) is 0.111. The quantitative estimate of drug-likeness (QED) is 0.792. The van der Waals surface area contributed by atoms with Crippen molar-refractivity contribution in [2.75, 3.05) is 7.11 Å². The number of methoxy groups -OCH3 is 1. The first kappa shape index (κ1) is 8.68. The summed E-state index contributed by atoms with van der Waals surface area (Å²) in [6, 6.07) is 1.81. The average molecular weight is 289 g/mol. The highest BCUT2D eigenvalue weighted by molar-refractivity contribution is 14.1. The minimum Gasteiger partial charge on any atom is -0.504 e. The van der Waals surface area contributed by atoms with Gasteiger partial charge in [-0.15, -0.1) is 0 Å². The van der Waals surface area contributed by atoms with Crippen molar-refractivity contribution < 1.29 is 9.84 Å². The van der Waals surface area contributed by atoms with Gasteiger partial charge in [-0.3, -0.25) is 0 Å². The number of aromatic amines is 1. The van der Waals surface area contributed by atoms with Crippen LogP contribution in [0.5, 0.6) is 11.5 Å². The fourth-order valence-electron chi connectivity index (χ4n) is 1.31. The maximum absolute atomic E-state index is 9.71. The summed E-state index contributed by atoms with van der Waals surface area (Å²) in [6.07, 6.45) is 3.62. The summed E-state index contributed by atoms with van der Waals surface area (Å²) >= 11 is 2.21. The van der Waals surface area contributed by atoms with E-state index in [0.29, 0.717) is 5.75 Å². The molecule has 0 aliphatic carbocycles. The van der Waals surface area contributed by atoms with E-state index in [1.165, 1.54) is 0 Å². The van der Waals surface area contributed by atoms with Crippen LogP contribution in [0, 0.1) is 3.57 Å². The molecule has 0 bridgehead atoms. The summed E-state index contributed by atoms with van der Waals surface area (Å²) in [5, 5.41) is 11.5. The highest BCUT2D eigenvalue weighted by atomic mass is 127. The lowest BCUT2D eigenvalue weighted by atomic mass is 10.2. The molecule has 0 aliphatic heterocycles. The lowest BCUT2D eigenvalue weighted by Gasteiger charge is -2.05. The molecule has 4 heteroatoms. The molecule has 1 aromatic carbocycles. The Morgan fingerprint density at radius 3 is 2.77 bits per heavy atom. The normalized spacial score (nSPS) is 10.6. The number of fused-ring (bicyclic) bond motifs is 1. The third kappa shape index (κ3) is 1.25. The third-order valence-corrected chi connectivity index (χ3v) is 2.86. The average Bonchev–Trinajstić information content (AvgIpc) is 2.60. The van der Waals surface area contributed by atoms with Crippen LogP contribution in [-0.2, 0) is 0 Å². The van der Waals surface area contributed by atoms with E-state index < -0.39 is 0 Å². The van der Waals surface area contributed by atoms with Gasteiger partial charge in [0.15, 0.2) is 11.5 Å². The van der Waals surface area contributed by atoms with Crippen molar-refractivity contribution >= 4 is 33.4 Å². The standard InChI is InChI=1S/C9H8INO2/c1-13-8-2-7(10)5-3-11-4-6(5)9(8)12/h2-4,11-12H,1H3. The zero-order chi connectivity index (χ0) is 9.42. The van der Waals surface area contributed by atoms with Crippen molar-refractivity contribution in [3.8, 4) is 11.5 Å². The van der Waals surface area contributed by atoms with Crippen LogP contribution in [-0.4, -0.2) is 17.2 Å². The van der Waals surface area contributed by atoms with Crippen LogP contribution in [0.3, 0.4) is 0 Å². The number of hydrogen-bond acceptors (Lipinski definition) is 2. The van der Waals surface area contributed by atoms with Gasteiger partial charge in [0.05, 0.1) is 7.11 Å². The maximum Gasteiger partial charge on any atom is 0.167 e. The summed E-state index contributed by atoms with van der Waals surface area (Å²) in [5.41, 5.74) is 0. The number of halogens is 1. The van der Waals surface area contributed by atoms with E-state index in [4.69, 9.17) is 4.74 Å². The predicted molar refractivity (Wildman–Crippen MR) is 59.2 cm³/mol. The lowest BCUT2D eigenvalue weighted by molar-refractivity contribution is 0.376. The number of phenolic OH excluding ortho intramolecular Hbond substituents is 1. The van der Waals surface area contributed by atoms with E-state index in [1.807, 2.05) is 12.3 Å². The van der Waals surface area contributed by atoms with Crippen molar-refractivity contribution in [2.24, 2.45) is 0 Å². The van der Waals surface area contributed by atoms with Gasteiger partial charge in [0.1, 0.15) is 0 Å². The molecule has 2 aromatic rings.